The molecular formula is C15H16ClFN2. The van der Waals surface area contributed by atoms with Crippen molar-refractivity contribution >= 4 is 11.6 Å². The normalized spacial score (nSPS) is 12.4. The highest BCUT2D eigenvalue weighted by Gasteiger charge is 2.15. The molecule has 100 valence electrons. The summed E-state index contributed by atoms with van der Waals surface area (Å²) in [5.74, 6) is 5.37. The number of nitrogens with two attached hydrogens (primary N) is 1. The lowest BCUT2D eigenvalue weighted by molar-refractivity contribution is 0.547. The summed E-state index contributed by atoms with van der Waals surface area (Å²) in [6.45, 7) is 1.95. The van der Waals surface area contributed by atoms with Crippen LogP contribution in [0.5, 0.6) is 0 Å². The Bertz CT molecular complexity index is 572. The fourth-order valence-electron chi connectivity index (χ4n) is 2.10. The van der Waals surface area contributed by atoms with Crippen molar-refractivity contribution in [2.75, 3.05) is 0 Å². The Balaban J connectivity index is 2.29. The first-order valence-electron chi connectivity index (χ1n) is 6.07. The van der Waals surface area contributed by atoms with Crippen LogP contribution in [0.15, 0.2) is 42.5 Å². The molecule has 3 N–H and O–H groups in total. The van der Waals surface area contributed by atoms with Crippen molar-refractivity contribution < 1.29 is 4.39 Å². The quantitative estimate of drug-likeness (QED) is 0.663. The lowest BCUT2D eigenvalue weighted by atomic mass is 9.96. The molecule has 0 aliphatic rings. The van der Waals surface area contributed by atoms with Crippen LogP contribution in [-0.4, -0.2) is 0 Å². The summed E-state index contributed by atoms with van der Waals surface area (Å²) in [7, 11) is 0. The molecule has 0 spiro atoms. The summed E-state index contributed by atoms with van der Waals surface area (Å²) in [6.07, 6.45) is 0.587. The van der Waals surface area contributed by atoms with Gasteiger partial charge in [-0.05, 0) is 48.2 Å². The molecule has 0 fully saturated rings. The zero-order chi connectivity index (χ0) is 13.8. The third-order valence-electron chi connectivity index (χ3n) is 3.22. The SMILES string of the molecule is Cc1ccc(F)cc1CC(NN)c1ccccc1Cl. The number of hydrogen-bond donors (Lipinski definition) is 2. The molecule has 2 aromatic carbocycles. The molecule has 4 heteroatoms. The van der Waals surface area contributed by atoms with Gasteiger partial charge >= 0.3 is 0 Å². The molecule has 2 rings (SSSR count). The zero-order valence-corrected chi connectivity index (χ0v) is 11.4. The topological polar surface area (TPSA) is 38.0 Å². The highest BCUT2D eigenvalue weighted by molar-refractivity contribution is 6.31. The van der Waals surface area contributed by atoms with E-state index in [1.165, 1.54) is 12.1 Å². The van der Waals surface area contributed by atoms with Crippen molar-refractivity contribution in [3.05, 3.63) is 70.0 Å². The molecule has 0 saturated heterocycles. The van der Waals surface area contributed by atoms with Gasteiger partial charge in [0.2, 0.25) is 0 Å². The van der Waals surface area contributed by atoms with Crippen LogP contribution < -0.4 is 11.3 Å². The molecule has 1 unspecified atom stereocenters. The summed E-state index contributed by atoms with van der Waals surface area (Å²) < 4.78 is 13.3. The molecule has 0 heterocycles. The fraction of sp³-hybridized carbons (Fsp3) is 0.200. The van der Waals surface area contributed by atoms with Gasteiger partial charge in [-0.25, -0.2) is 4.39 Å². The fourth-order valence-corrected chi connectivity index (χ4v) is 2.36. The number of nitrogens with one attached hydrogen (secondary N) is 1. The van der Waals surface area contributed by atoms with Crippen molar-refractivity contribution in [2.24, 2.45) is 5.84 Å². The Morgan fingerprint density at radius 3 is 2.68 bits per heavy atom. The van der Waals surface area contributed by atoms with Gasteiger partial charge in [0.15, 0.2) is 0 Å². The first-order valence-corrected chi connectivity index (χ1v) is 6.45. The van der Waals surface area contributed by atoms with Crippen LogP contribution in [0.25, 0.3) is 0 Å². The minimum Gasteiger partial charge on any atom is -0.271 e. The Morgan fingerprint density at radius 2 is 2.00 bits per heavy atom. The molecule has 0 radical (unpaired) electrons. The number of halogens is 2. The second-order valence-corrected chi connectivity index (χ2v) is 4.92. The van der Waals surface area contributed by atoms with Gasteiger partial charge in [-0.1, -0.05) is 35.9 Å². The standard InChI is InChI=1S/C15H16ClFN2/c1-10-6-7-12(17)8-11(10)9-15(19-18)13-4-2-3-5-14(13)16/h2-8,15,19H,9,18H2,1H3. The van der Waals surface area contributed by atoms with E-state index in [1.807, 2.05) is 31.2 Å². The molecule has 0 aromatic heterocycles. The van der Waals surface area contributed by atoms with E-state index in [1.54, 1.807) is 6.07 Å². The number of rotatable bonds is 4. The van der Waals surface area contributed by atoms with Gasteiger partial charge in [-0.15, -0.1) is 0 Å². The van der Waals surface area contributed by atoms with Gasteiger partial charge in [-0.3, -0.25) is 11.3 Å². The zero-order valence-electron chi connectivity index (χ0n) is 10.7. The maximum Gasteiger partial charge on any atom is 0.123 e. The molecule has 0 saturated carbocycles. The van der Waals surface area contributed by atoms with Crippen molar-refractivity contribution in [2.45, 2.75) is 19.4 Å². The van der Waals surface area contributed by atoms with Crippen molar-refractivity contribution in [3.8, 4) is 0 Å². The average Bonchev–Trinajstić information content (AvgIpc) is 2.41. The van der Waals surface area contributed by atoms with Crippen molar-refractivity contribution in [1.82, 2.24) is 5.43 Å². The molecule has 1 atom stereocenters. The Morgan fingerprint density at radius 1 is 1.26 bits per heavy atom. The summed E-state index contributed by atoms with van der Waals surface area (Å²) in [4.78, 5) is 0. The minimum atomic E-state index is -0.240. The number of benzene rings is 2. The predicted molar refractivity (Wildman–Crippen MR) is 76.4 cm³/mol. The van der Waals surface area contributed by atoms with Gasteiger partial charge in [-0.2, -0.15) is 0 Å². The van der Waals surface area contributed by atoms with Crippen LogP contribution >= 0.6 is 11.6 Å². The van der Waals surface area contributed by atoms with E-state index in [4.69, 9.17) is 17.4 Å². The molecule has 0 aliphatic carbocycles. The van der Waals surface area contributed by atoms with E-state index in [-0.39, 0.29) is 11.9 Å². The molecule has 0 aliphatic heterocycles. The molecule has 2 aromatic rings. The van der Waals surface area contributed by atoms with Gasteiger partial charge in [0.1, 0.15) is 5.82 Å². The summed E-state index contributed by atoms with van der Waals surface area (Å²) in [5, 5.41) is 0.652. The maximum atomic E-state index is 13.3. The van der Waals surface area contributed by atoms with E-state index >= 15 is 0 Å². The van der Waals surface area contributed by atoms with Crippen molar-refractivity contribution in [3.63, 3.8) is 0 Å². The van der Waals surface area contributed by atoms with E-state index < -0.39 is 0 Å². The lowest BCUT2D eigenvalue weighted by Gasteiger charge is -2.19. The number of aryl methyl sites for hydroxylation is 1. The van der Waals surface area contributed by atoms with Crippen LogP contribution in [0.1, 0.15) is 22.7 Å². The number of hydrogen-bond acceptors (Lipinski definition) is 2. The molecule has 0 bridgehead atoms. The predicted octanol–water partition coefficient (Wildman–Crippen LogP) is 3.53. The van der Waals surface area contributed by atoms with Gasteiger partial charge in [0, 0.05) is 5.02 Å². The average molecular weight is 279 g/mol. The Labute approximate surface area is 117 Å². The molecular weight excluding hydrogens is 263 g/mol. The minimum absolute atomic E-state index is 0.144. The van der Waals surface area contributed by atoms with Gasteiger partial charge < -0.3 is 0 Å². The van der Waals surface area contributed by atoms with Gasteiger partial charge in [0.05, 0.1) is 6.04 Å². The molecule has 0 amide bonds. The monoisotopic (exact) mass is 278 g/mol. The maximum absolute atomic E-state index is 13.3. The summed E-state index contributed by atoms with van der Waals surface area (Å²) in [6, 6.07) is 12.1. The Hall–Kier alpha value is -1.42. The van der Waals surface area contributed by atoms with Crippen molar-refractivity contribution in [1.29, 1.82) is 0 Å². The van der Waals surface area contributed by atoms with Crippen LogP contribution in [0.3, 0.4) is 0 Å². The summed E-state index contributed by atoms with van der Waals surface area (Å²) in [5.41, 5.74) is 5.61. The van der Waals surface area contributed by atoms with E-state index in [0.29, 0.717) is 11.4 Å². The number of hydrazine groups is 1. The van der Waals surface area contributed by atoms with E-state index in [0.717, 1.165) is 16.7 Å². The van der Waals surface area contributed by atoms with Gasteiger partial charge in [0.25, 0.3) is 0 Å². The highest BCUT2D eigenvalue weighted by Crippen LogP contribution is 2.26. The third-order valence-corrected chi connectivity index (χ3v) is 3.56. The van der Waals surface area contributed by atoms with Crippen LogP contribution in [-0.2, 0) is 6.42 Å². The van der Waals surface area contributed by atoms with E-state index in [2.05, 4.69) is 5.43 Å². The second-order valence-electron chi connectivity index (χ2n) is 4.52. The van der Waals surface area contributed by atoms with E-state index in [9.17, 15) is 4.39 Å². The lowest BCUT2D eigenvalue weighted by Crippen LogP contribution is -2.30. The molecule has 19 heavy (non-hydrogen) atoms. The van der Waals surface area contributed by atoms with Crippen LogP contribution in [0.2, 0.25) is 5.02 Å². The first-order chi connectivity index (χ1) is 9.11. The first kappa shape index (κ1) is 14.0. The second kappa shape index (κ2) is 6.15. The smallest absolute Gasteiger partial charge is 0.123 e. The largest absolute Gasteiger partial charge is 0.271 e. The summed E-state index contributed by atoms with van der Waals surface area (Å²) >= 11 is 6.17. The van der Waals surface area contributed by atoms with Crippen LogP contribution in [0, 0.1) is 12.7 Å². The highest BCUT2D eigenvalue weighted by atomic mass is 35.5. The third kappa shape index (κ3) is 3.32. The van der Waals surface area contributed by atoms with Crippen LogP contribution in [0.4, 0.5) is 4.39 Å². The molecule has 2 nitrogen and oxygen atoms in total. The Kier molecular flexibility index (Phi) is 4.53.